The Kier molecular flexibility index (Phi) is 3.90. The van der Waals surface area contributed by atoms with Crippen molar-refractivity contribution in [2.24, 2.45) is 0 Å². The van der Waals surface area contributed by atoms with Crippen LogP contribution in [0.4, 0.5) is 0 Å². The van der Waals surface area contributed by atoms with Crippen LogP contribution in [-0.2, 0) is 12.8 Å². The third-order valence-electron chi connectivity index (χ3n) is 6.26. The zero-order valence-electron chi connectivity index (χ0n) is 16.3. The summed E-state index contributed by atoms with van der Waals surface area (Å²) < 4.78 is 0.900. The Morgan fingerprint density at radius 3 is 2.57 bits per heavy atom. The standard InChI is InChI=1S/C26H19NO2S/c28-26(29)16-9-13-23-24(14-16)30-25(27-23)22-7-3-6-18-20-10-8-15-4-1-2-5-17(15)19(20)11-12-21(18)22/h3,6-14H,1-2,4-5H2,(H,28,29). The summed E-state index contributed by atoms with van der Waals surface area (Å²) in [7, 11) is 0. The zero-order chi connectivity index (χ0) is 20.2. The van der Waals surface area contributed by atoms with Crippen molar-refractivity contribution in [2.45, 2.75) is 25.7 Å². The summed E-state index contributed by atoms with van der Waals surface area (Å²) in [5.74, 6) is -0.910. The molecule has 4 heteroatoms. The van der Waals surface area contributed by atoms with E-state index in [1.807, 2.05) is 0 Å². The van der Waals surface area contributed by atoms with Crippen molar-refractivity contribution in [3.63, 3.8) is 0 Å². The van der Waals surface area contributed by atoms with Crippen LogP contribution in [0, 0.1) is 0 Å². The van der Waals surface area contributed by atoms with Crippen LogP contribution in [0.3, 0.4) is 0 Å². The van der Waals surface area contributed by atoms with Crippen molar-refractivity contribution in [1.82, 2.24) is 4.98 Å². The van der Waals surface area contributed by atoms with Crippen molar-refractivity contribution < 1.29 is 9.90 Å². The van der Waals surface area contributed by atoms with E-state index in [9.17, 15) is 9.90 Å². The van der Waals surface area contributed by atoms with Gasteiger partial charge in [0.1, 0.15) is 5.01 Å². The van der Waals surface area contributed by atoms with E-state index < -0.39 is 5.97 Å². The molecule has 0 saturated heterocycles. The fourth-order valence-electron chi connectivity index (χ4n) is 4.79. The first-order valence-electron chi connectivity index (χ1n) is 10.3. The van der Waals surface area contributed by atoms with Crippen LogP contribution in [0.15, 0.2) is 60.7 Å². The second-order valence-electron chi connectivity index (χ2n) is 7.98. The van der Waals surface area contributed by atoms with E-state index in [0.717, 1.165) is 20.8 Å². The van der Waals surface area contributed by atoms with Gasteiger partial charge in [0.05, 0.1) is 15.8 Å². The molecule has 0 fully saturated rings. The number of rotatable bonds is 2. The number of carboxylic acids is 1. The summed E-state index contributed by atoms with van der Waals surface area (Å²) in [6.07, 6.45) is 4.92. The molecule has 0 unspecified atom stereocenters. The lowest BCUT2D eigenvalue weighted by Crippen LogP contribution is -2.03. The van der Waals surface area contributed by atoms with Gasteiger partial charge in [-0.05, 0) is 76.6 Å². The molecule has 0 saturated carbocycles. The molecule has 6 rings (SSSR count). The number of carboxylic acid groups (broad SMARTS) is 1. The number of hydrogen-bond donors (Lipinski definition) is 1. The Balaban J connectivity index is 1.58. The Hall–Kier alpha value is -3.24. The Morgan fingerprint density at radius 1 is 0.867 bits per heavy atom. The van der Waals surface area contributed by atoms with Gasteiger partial charge < -0.3 is 5.11 Å². The number of hydrogen-bond acceptors (Lipinski definition) is 3. The second-order valence-corrected chi connectivity index (χ2v) is 9.01. The van der Waals surface area contributed by atoms with Gasteiger partial charge >= 0.3 is 5.97 Å². The average Bonchev–Trinajstić information content (AvgIpc) is 3.21. The van der Waals surface area contributed by atoms with E-state index in [-0.39, 0.29) is 0 Å². The third-order valence-corrected chi connectivity index (χ3v) is 7.31. The fraction of sp³-hybridized carbons (Fsp3) is 0.154. The molecule has 1 aliphatic carbocycles. The zero-order valence-corrected chi connectivity index (χ0v) is 17.1. The number of carbonyl (C=O) groups is 1. The van der Waals surface area contributed by atoms with E-state index in [1.54, 1.807) is 29.5 Å². The maximum atomic E-state index is 11.3. The number of aromatic carboxylic acids is 1. The summed E-state index contributed by atoms with van der Waals surface area (Å²) in [5.41, 5.74) is 5.26. The highest BCUT2D eigenvalue weighted by Gasteiger charge is 2.16. The molecule has 146 valence electrons. The van der Waals surface area contributed by atoms with Crippen molar-refractivity contribution in [3.05, 3.63) is 77.4 Å². The SMILES string of the molecule is O=C(O)c1ccc2nc(-c3cccc4c3ccc3c5c(ccc34)CCCC5)sc2c1. The van der Waals surface area contributed by atoms with Gasteiger partial charge in [-0.1, -0.05) is 42.5 Å². The van der Waals surface area contributed by atoms with Gasteiger partial charge in [0.25, 0.3) is 0 Å². The lowest BCUT2D eigenvalue weighted by atomic mass is 9.86. The normalized spacial score (nSPS) is 13.7. The van der Waals surface area contributed by atoms with Crippen LogP contribution < -0.4 is 0 Å². The molecule has 1 heterocycles. The predicted molar refractivity (Wildman–Crippen MR) is 124 cm³/mol. The second kappa shape index (κ2) is 6.64. The highest BCUT2D eigenvalue weighted by atomic mass is 32.1. The van der Waals surface area contributed by atoms with Crippen molar-refractivity contribution in [1.29, 1.82) is 0 Å². The smallest absolute Gasteiger partial charge is 0.335 e. The lowest BCUT2D eigenvalue weighted by molar-refractivity contribution is 0.0697. The van der Waals surface area contributed by atoms with Gasteiger partial charge in [-0.2, -0.15) is 0 Å². The van der Waals surface area contributed by atoms with Crippen LogP contribution in [0.1, 0.15) is 34.3 Å². The van der Waals surface area contributed by atoms with E-state index >= 15 is 0 Å². The summed E-state index contributed by atoms with van der Waals surface area (Å²) in [6, 6.07) is 20.7. The van der Waals surface area contributed by atoms with Crippen LogP contribution in [0.25, 0.3) is 42.3 Å². The molecule has 0 atom stereocenters. The first-order chi connectivity index (χ1) is 14.7. The summed E-state index contributed by atoms with van der Waals surface area (Å²) >= 11 is 1.55. The first-order valence-corrected chi connectivity index (χ1v) is 11.1. The maximum absolute atomic E-state index is 11.3. The third kappa shape index (κ3) is 2.64. The molecule has 1 aromatic heterocycles. The molecule has 5 aromatic rings. The minimum absolute atomic E-state index is 0.298. The Bertz CT molecular complexity index is 1480. The van der Waals surface area contributed by atoms with E-state index in [0.29, 0.717) is 5.56 Å². The molecule has 1 aliphatic rings. The largest absolute Gasteiger partial charge is 0.478 e. The van der Waals surface area contributed by atoms with Gasteiger partial charge in [0.15, 0.2) is 0 Å². The highest BCUT2D eigenvalue weighted by molar-refractivity contribution is 7.21. The number of fused-ring (bicyclic) bond motifs is 6. The maximum Gasteiger partial charge on any atom is 0.335 e. The molecule has 0 spiro atoms. The molecular weight excluding hydrogens is 390 g/mol. The molecule has 0 aliphatic heterocycles. The van der Waals surface area contributed by atoms with E-state index in [4.69, 9.17) is 4.98 Å². The molecular formula is C26H19NO2S. The van der Waals surface area contributed by atoms with Gasteiger partial charge in [-0.25, -0.2) is 9.78 Å². The summed E-state index contributed by atoms with van der Waals surface area (Å²) in [6.45, 7) is 0. The predicted octanol–water partition coefficient (Wildman–Crippen LogP) is 6.85. The summed E-state index contributed by atoms with van der Waals surface area (Å²) in [4.78, 5) is 16.1. The number of nitrogens with zero attached hydrogens (tertiary/aromatic N) is 1. The molecule has 1 N–H and O–H groups in total. The number of aromatic nitrogens is 1. The molecule has 0 amide bonds. The average molecular weight is 410 g/mol. The Morgan fingerprint density at radius 2 is 1.67 bits per heavy atom. The summed E-state index contributed by atoms with van der Waals surface area (Å²) in [5, 5.41) is 15.3. The molecule has 0 bridgehead atoms. The van der Waals surface area contributed by atoms with Gasteiger partial charge in [-0.3, -0.25) is 0 Å². The fourth-order valence-corrected chi connectivity index (χ4v) is 5.83. The molecule has 4 aromatic carbocycles. The number of aryl methyl sites for hydroxylation is 2. The number of thiazole rings is 1. The van der Waals surface area contributed by atoms with E-state index in [2.05, 4.69) is 42.5 Å². The quantitative estimate of drug-likeness (QED) is 0.325. The van der Waals surface area contributed by atoms with E-state index in [1.165, 1.54) is 58.4 Å². The highest BCUT2D eigenvalue weighted by Crippen LogP contribution is 2.39. The van der Waals surface area contributed by atoms with Crippen LogP contribution >= 0.6 is 11.3 Å². The van der Waals surface area contributed by atoms with Crippen molar-refractivity contribution in [3.8, 4) is 10.6 Å². The van der Waals surface area contributed by atoms with Crippen molar-refractivity contribution in [2.75, 3.05) is 0 Å². The van der Waals surface area contributed by atoms with Crippen LogP contribution in [0.2, 0.25) is 0 Å². The van der Waals surface area contributed by atoms with Gasteiger partial charge in [-0.15, -0.1) is 11.3 Å². The number of benzene rings is 4. The van der Waals surface area contributed by atoms with Crippen molar-refractivity contribution >= 4 is 49.1 Å². The Labute approximate surface area is 177 Å². The van der Waals surface area contributed by atoms with Gasteiger partial charge in [0.2, 0.25) is 0 Å². The minimum atomic E-state index is -0.910. The van der Waals surface area contributed by atoms with Crippen LogP contribution in [0.5, 0.6) is 0 Å². The van der Waals surface area contributed by atoms with Crippen LogP contribution in [-0.4, -0.2) is 16.1 Å². The topological polar surface area (TPSA) is 50.2 Å². The monoisotopic (exact) mass is 409 g/mol. The molecule has 3 nitrogen and oxygen atoms in total. The minimum Gasteiger partial charge on any atom is -0.478 e. The molecule has 30 heavy (non-hydrogen) atoms. The first kappa shape index (κ1) is 17.6. The lowest BCUT2D eigenvalue weighted by Gasteiger charge is -2.19. The molecule has 0 radical (unpaired) electrons. The van der Waals surface area contributed by atoms with Gasteiger partial charge in [0, 0.05) is 5.56 Å².